The Morgan fingerprint density at radius 3 is 2.45 bits per heavy atom. The van der Waals surface area contributed by atoms with Crippen molar-refractivity contribution in [3.8, 4) is 0 Å². The first-order chi connectivity index (χ1) is 9.27. The molecule has 1 aromatic carbocycles. The molecule has 0 spiro atoms. The number of aryl methyl sites for hydroxylation is 2. The quantitative estimate of drug-likeness (QED) is 0.639. The van der Waals surface area contributed by atoms with Gasteiger partial charge in [-0.3, -0.25) is 14.9 Å². The molecule has 0 saturated carbocycles. The molecule has 110 valence electrons. The molecule has 1 unspecified atom stereocenters. The summed E-state index contributed by atoms with van der Waals surface area (Å²) in [5.74, 6) is -0.383. The molecular formula is C14H21N3O3. The van der Waals surface area contributed by atoms with Gasteiger partial charge in [0.2, 0.25) is 5.91 Å². The molecule has 1 rings (SSSR count). The number of anilines is 1. The van der Waals surface area contributed by atoms with Crippen LogP contribution in [0.25, 0.3) is 0 Å². The van der Waals surface area contributed by atoms with Crippen LogP contribution < -0.4 is 11.1 Å². The molecule has 1 aromatic rings. The number of nitrogens with one attached hydrogen (secondary N) is 1. The zero-order valence-electron chi connectivity index (χ0n) is 12.3. The molecule has 0 aliphatic rings. The lowest BCUT2D eigenvalue weighted by atomic mass is 9.99. The number of carbonyl (C=O) groups excluding carboxylic acids is 1. The van der Waals surface area contributed by atoms with Crippen molar-refractivity contribution in [3.05, 3.63) is 33.4 Å². The minimum atomic E-state index is -0.679. The lowest BCUT2D eigenvalue weighted by Crippen LogP contribution is -2.40. The zero-order chi connectivity index (χ0) is 15.4. The van der Waals surface area contributed by atoms with Crippen LogP contribution in [0.2, 0.25) is 0 Å². The second kappa shape index (κ2) is 6.47. The van der Waals surface area contributed by atoms with Crippen LogP contribution in [0.5, 0.6) is 0 Å². The van der Waals surface area contributed by atoms with Crippen molar-refractivity contribution in [2.75, 3.05) is 5.32 Å². The van der Waals surface area contributed by atoms with E-state index in [2.05, 4.69) is 5.32 Å². The maximum absolute atomic E-state index is 12.0. The fourth-order valence-corrected chi connectivity index (χ4v) is 1.78. The second-order valence-electron chi connectivity index (χ2n) is 5.11. The predicted octanol–water partition coefficient (Wildman–Crippen LogP) is 2.52. The van der Waals surface area contributed by atoms with Crippen LogP contribution in [-0.4, -0.2) is 16.9 Å². The van der Waals surface area contributed by atoms with Crippen LogP contribution in [0.1, 0.15) is 31.4 Å². The Kier molecular flexibility index (Phi) is 5.21. The highest BCUT2D eigenvalue weighted by molar-refractivity contribution is 5.97. The highest BCUT2D eigenvalue weighted by Gasteiger charge is 2.23. The average molecular weight is 279 g/mol. The molecular weight excluding hydrogens is 258 g/mol. The average Bonchev–Trinajstić information content (AvgIpc) is 2.40. The topological polar surface area (TPSA) is 98.3 Å². The number of hydrogen-bond acceptors (Lipinski definition) is 4. The number of rotatable bonds is 5. The van der Waals surface area contributed by atoms with E-state index in [4.69, 9.17) is 5.73 Å². The van der Waals surface area contributed by atoms with Crippen molar-refractivity contribution in [2.45, 2.75) is 40.2 Å². The summed E-state index contributed by atoms with van der Waals surface area (Å²) in [6.07, 6.45) is 0.767. The molecule has 2 atom stereocenters. The van der Waals surface area contributed by atoms with Crippen LogP contribution in [0.15, 0.2) is 12.1 Å². The van der Waals surface area contributed by atoms with Crippen molar-refractivity contribution >= 4 is 17.3 Å². The van der Waals surface area contributed by atoms with Gasteiger partial charge >= 0.3 is 0 Å². The van der Waals surface area contributed by atoms with Gasteiger partial charge in [0.25, 0.3) is 5.69 Å². The first-order valence-corrected chi connectivity index (χ1v) is 6.60. The van der Waals surface area contributed by atoms with E-state index in [9.17, 15) is 14.9 Å². The number of benzene rings is 1. The molecule has 0 aliphatic heterocycles. The molecule has 0 aromatic heterocycles. The Bertz CT molecular complexity index is 529. The normalized spacial score (nSPS) is 13.7. The number of nitro groups is 1. The van der Waals surface area contributed by atoms with Crippen molar-refractivity contribution < 1.29 is 9.72 Å². The van der Waals surface area contributed by atoms with E-state index in [-0.39, 0.29) is 17.3 Å². The summed E-state index contributed by atoms with van der Waals surface area (Å²) in [4.78, 5) is 22.6. The smallest absolute Gasteiger partial charge is 0.293 e. The second-order valence-corrected chi connectivity index (χ2v) is 5.11. The Hall–Kier alpha value is -1.95. The molecule has 20 heavy (non-hydrogen) atoms. The Balaban J connectivity index is 3.05. The summed E-state index contributed by atoms with van der Waals surface area (Å²) in [6.45, 7) is 7.44. The predicted molar refractivity (Wildman–Crippen MR) is 78.6 cm³/mol. The molecule has 0 heterocycles. The number of nitrogens with two attached hydrogens (primary N) is 1. The van der Waals surface area contributed by atoms with Gasteiger partial charge in [-0.25, -0.2) is 0 Å². The van der Waals surface area contributed by atoms with E-state index in [0.717, 1.165) is 17.5 Å². The highest BCUT2D eigenvalue weighted by atomic mass is 16.6. The van der Waals surface area contributed by atoms with E-state index in [1.165, 1.54) is 6.07 Å². The minimum Gasteiger partial charge on any atom is -0.320 e. The maximum atomic E-state index is 12.0. The van der Waals surface area contributed by atoms with Crippen LogP contribution >= 0.6 is 0 Å². The molecule has 1 amide bonds. The van der Waals surface area contributed by atoms with Gasteiger partial charge in [0.05, 0.1) is 11.0 Å². The highest BCUT2D eigenvalue weighted by Crippen LogP contribution is 2.28. The van der Waals surface area contributed by atoms with Crippen molar-refractivity contribution in [1.82, 2.24) is 0 Å². The number of amides is 1. The van der Waals surface area contributed by atoms with E-state index >= 15 is 0 Å². The third-order valence-electron chi connectivity index (χ3n) is 3.63. The number of carbonyl (C=O) groups is 1. The van der Waals surface area contributed by atoms with Gasteiger partial charge < -0.3 is 11.1 Å². The number of hydrogen-bond donors (Lipinski definition) is 2. The van der Waals surface area contributed by atoms with Crippen molar-refractivity contribution in [2.24, 2.45) is 11.7 Å². The van der Waals surface area contributed by atoms with E-state index in [0.29, 0.717) is 0 Å². The van der Waals surface area contributed by atoms with Gasteiger partial charge in [0.1, 0.15) is 5.69 Å². The van der Waals surface area contributed by atoms with Crippen LogP contribution in [-0.2, 0) is 4.79 Å². The molecule has 0 saturated heterocycles. The molecule has 0 radical (unpaired) electrons. The molecule has 6 nitrogen and oxygen atoms in total. The monoisotopic (exact) mass is 279 g/mol. The summed E-state index contributed by atoms with van der Waals surface area (Å²) < 4.78 is 0. The summed E-state index contributed by atoms with van der Waals surface area (Å²) in [5, 5.41) is 13.6. The first kappa shape index (κ1) is 16.1. The van der Waals surface area contributed by atoms with Gasteiger partial charge in [0.15, 0.2) is 0 Å². The molecule has 0 aliphatic carbocycles. The fraction of sp³-hybridized carbons (Fsp3) is 0.500. The van der Waals surface area contributed by atoms with Crippen LogP contribution in [0, 0.1) is 29.9 Å². The van der Waals surface area contributed by atoms with Gasteiger partial charge in [0, 0.05) is 6.07 Å². The molecule has 0 fully saturated rings. The zero-order valence-corrected chi connectivity index (χ0v) is 12.3. The third-order valence-corrected chi connectivity index (χ3v) is 3.63. The van der Waals surface area contributed by atoms with E-state index in [1.54, 1.807) is 13.0 Å². The Morgan fingerprint density at radius 1 is 1.40 bits per heavy atom. The summed E-state index contributed by atoms with van der Waals surface area (Å²) >= 11 is 0. The van der Waals surface area contributed by atoms with Gasteiger partial charge in [-0.1, -0.05) is 20.3 Å². The Morgan fingerprint density at radius 2 is 1.95 bits per heavy atom. The van der Waals surface area contributed by atoms with E-state index < -0.39 is 16.9 Å². The summed E-state index contributed by atoms with van der Waals surface area (Å²) in [6, 6.07) is 2.38. The SMILES string of the molecule is CCC(C)[C@H](N)C(=O)Nc1cc(C)c(C)cc1[N+](=O)[O-]. The number of nitrogens with zero attached hydrogens (tertiary/aromatic N) is 1. The van der Waals surface area contributed by atoms with Gasteiger partial charge in [-0.15, -0.1) is 0 Å². The minimum absolute atomic E-state index is 0.0144. The maximum Gasteiger partial charge on any atom is 0.293 e. The third kappa shape index (κ3) is 3.54. The fourth-order valence-electron chi connectivity index (χ4n) is 1.78. The molecule has 6 heteroatoms. The standard InChI is InChI=1S/C14H21N3O3/c1-5-8(2)13(15)14(18)16-11-6-9(3)10(4)7-12(11)17(19)20/h6-8,13H,5,15H2,1-4H3,(H,16,18)/t8?,13-/m0/s1. The lowest BCUT2D eigenvalue weighted by molar-refractivity contribution is -0.384. The summed E-state index contributed by atoms with van der Waals surface area (Å²) in [5.41, 5.74) is 7.60. The lowest BCUT2D eigenvalue weighted by Gasteiger charge is -2.18. The first-order valence-electron chi connectivity index (χ1n) is 6.60. The molecule has 0 bridgehead atoms. The van der Waals surface area contributed by atoms with Crippen LogP contribution in [0.4, 0.5) is 11.4 Å². The Labute approximate surface area is 118 Å². The van der Waals surface area contributed by atoms with E-state index in [1.807, 2.05) is 20.8 Å². The van der Waals surface area contributed by atoms with Gasteiger partial charge in [-0.05, 0) is 37.0 Å². The summed E-state index contributed by atoms with van der Waals surface area (Å²) in [7, 11) is 0. The largest absolute Gasteiger partial charge is 0.320 e. The van der Waals surface area contributed by atoms with Crippen molar-refractivity contribution in [1.29, 1.82) is 0 Å². The molecule has 3 N–H and O–H groups in total. The van der Waals surface area contributed by atoms with Crippen molar-refractivity contribution in [3.63, 3.8) is 0 Å². The van der Waals surface area contributed by atoms with Gasteiger partial charge in [-0.2, -0.15) is 0 Å². The van der Waals surface area contributed by atoms with Crippen LogP contribution in [0.3, 0.4) is 0 Å². The number of nitro benzene ring substituents is 1.